The predicted octanol–water partition coefficient (Wildman–Crippen LogP) is 0.601. The van der Waals surface area contributed by atoms with Crippen molar-refractivity contribution >= 4 is 0 Å². The molecule has 0 spiro atoms. The van der Waals surface area contributed by atoms with E-state index in [-0.39, 0.29) is 11.8 Å². The molecule has 0 bridgehead atoms. The Kier molecular flexibility index (Phi) is 3.10. The van der Waals surface area contributed by atoms with Gasteiger partial charge in [0.15, 0.2) is 0 Å². The number of H-pyrrole nitrogens is 1. The highest BCUT2D eigenvalue weighted by Crippen LogP contribution is 1.88. The third kappa shape index (κ3) is 2.54. The summed E-state index contributed by atoms with van der Waals surface area (Å²) in [6.07, 6.45) is 3.56. The van der Waals surface area contributed by atoms with Gasteiger partial charge in [0.2, 0.25) is 0 Å². The van der Waals surface area contributed by atoms with Crippen molar-refractivity contribution in [1.29, 1.82) is 0 Å². The molecule has 0 amide bonds. The second-order valence-electron chi connectivity index (χ2n) is 2.88. The zero-order chi connectivity index (χ0) is 8.97. The van der Waals surface area contributed by atoms with Gasteiger partial charge in [-0.3, -0.25) is 4.57 Å². The second kappa shape index (κ2) is 4.11. The first-order chi connectivity index (χ1) is 5.70. The van der Waals surface area contributed by atoms with Crippen LogP contribution in [0.1, 0.15) is 13.8 Å². The number of hydrogen-bond acceptors (Lipinski definition) is 2. The van der Waals surface area contributed by atoms with E-state index in [9.17, 15) is 4.79 Å². The molecule has 4 nitrogen and oxygen atoms in total. The smallest absolute Gasteiger partial charge is 0.325 e. The Bertz CT molecular complexity index is 275. The van der Waals surface area contributed by atoms with Crippen molar-refractivity contribution < 1.29 is 4.74 Å². The lowest BCUT2D eigenvalue weighted by atomic mass is 10.5. The van der Waals surface area contributed by atoms with Gasteiger partial charge < -0.3 is 9.72 Å². The largest absolute Gasteiger partial charge is 0.377 e. The minimum Gasteiger partial charge on any atom is -0.377 e. The van der Waals surface area contributed by atoms with Crippen LogP contribution >= 0.6 is 0 Å². The van der Waals surface area contributed by atoms with E-state index in [1.807, 2.05) is 13.8 Å². The summed E-state index contributed by atoms with van der Waals surface area (Å²) in [5, 5.41) is 0. The molecular formula is C8H14N2O2. The summed E-state index contributed by atoms with van der Waals surface area (Å²) in [6, 6.07) is 0. The van der Waals surface area contributed by atoms with Crippen LogP contribution in [0.5, 0.6) is 0 Å². The molecule has 0 aliphatic rings. The summed E-state index contributed by atoms with van der Waals surface area (Å²) in [5.41, 5.74) is -0.0812. The highest BCUT2D eigenvalue weighted by atomic mass is 16.5. The van der Waals surface area contributed by atoms with Gasteiger partial charge in [-0.1, -0.05) is 0 Å². The average Bonchev–Trinajstić information content (AvgIpc) is 2.36. The van der Waals surface area contributed by atoms with Crippen LogP contribution in [-0.2, 0) is 11.3 Å². The number of aromatic amines is 1. The summed E-state index contributed by atoms with van der Waals surface area (Å²) in [5.74, 6) is 0. The highest BCUT2D eigenvalue weighted by molar-refractivity contribution is 4.75. The molecule has 1 rings (SSSR count). The normalized spacial score (nSPS) is 10.9. The van der Waals surface area contributed by atoms with Crippen LogP contribution in [0.25, 0.3) is 0 Å². The monoisotopic (exact) mass is 170 g/mol. The molecule has 0 unspecified atom stereocenters. The lowest BCUT2D eigenvalue weighted by Gasteiger charge is -2.06. The van der Waals surface area contributed by atoms with E-state index in [0.717, 1.165) is 0 Å². The third-order valence-electron chi connectivity index (χ3n) is 1.51. The van der Waals surface area contributed by atoms with Crippen LogP contribution in [0.3, 0.4) is 0 Å². The maximum atomic E-state index is 10.9. The zero-order valence-electron chi connectivity index (χ0n) is 7.41. The van der Waals surface area contributed by atoms with Crippen LogP contribution < -0.4 is 5.69 Å². The molecule has 0 atom stereocenters. The van der Waals surface area contributed by atoms with Gasteiger partial charge in [-0.25, -0.2) is 4.79 Å². The Morgan fingerprint density at radius 1 is 1.67 bits per heavy atom. The summed E-state index contributed by atoms with van der Waals surface area (Å²) in [6.45, 7) is 5.13. The summed E-state index contributed by atoms with van der Waals surface area (Å²) in [7, 11) is 0. The summed E-state index contributed by atoms with van der Waals surface area (Å²) >= 11 is 0. The van der Waals surface area contributed by atoms with Crippen molar-refractivity contribution in [3.8, 4) is 0 Å². The molecule has 1 aromatic heterocycles. The first-order valence-corrected chi connectivity index (χ1v) is 4.05. The van der Waals surface area contributed by atoms with Gasteiger partial charge in [-0.2, -0.15) is 0 Å². The molecule has 1 aromatic rings. The molecule has 12 heavy (non-hydrogen) atoms. The fraction of sp³-hybridized carbons (Fsp3) is 0.625. The summed E-state index contributed by atoms with van der Waals surface area (Å²) in [4.78, 5) is 13.5. The van der Waals surface area contributed by atoms with Crippen LogP contribution in [0.4, 0.5) is 0 Å². The molecule has 1 heterocycles. The number of aromatic nitrogens is 2. The topological polar surface area (TPSA) is 47.0 Å². The van der Waals surface area contributed by atoms with Crippen molar-refractivity contribution in [3.63, 3.8) is 0 Å². The van der Waals surface area contributed by atoms with Gasteiger partial charge in [0.05, 0.1) is 19.3 Å². The Hall–Kier alpha value is -1.03. The van der Waals surface area contributed by atoms with E-state index >= 15 is 0 Å². The highest BCUT2D eigenvalue weighted by Gasteiger charge is 1.96. The van der Waals surface area contributed by atoms with Gasteiger partial charge in [-0.05, 0) is 13.8 Å². The van der Waals surface area contributed by atoms with Crippen molar-refractivity contribution in [3.05, 3.63) is 22.9 Å². The molecule has 68 valence electrons. The lowest BCUT2D eigenvalue weighted by molar-refractivity contribution is 0.0723. The molecule has 0 aromatic carbocycles. The standard InChI is InChI=1S/C8H14N2O2/c1-7(2)12-6-5-10-4-3-9-8(10)11/h3-4,7H,5-6H2,1-2H3,(H,9,11). The first kappa shape index (κ1) is 9.06. The molecule has 4 heteroatoms. The molecule has 0 fully saturated rings. The van der Waals surface area contributed by atoms with E-state index in [1.165, 1.54) is 0 Å². The average molecular weight is 170 g/mol. The Labute approximate surface area is 71.2 Å². The van der Waals surface area contributed by atoms with Crippen LogP contribution in [0.2, 0.25) is 0 Å². The Balaban J connectivity index is 2.34. The number of hydrogen-bond donors (Lipinski definition) is 1. The van der Waals surface area contributed by atoms with Crippen molar-refractivity contribution in [2.24, 2.45) is 0 Å². The predicted molar refractivity (Wildman–Crippen MR) is 46.1 cm³/mol. The van der Waals surface area contributed by atoms with Gasteiger partial charge in [0.25, 0.3) is 0 Å². The molecule has 0 aliphatic heterocycles. The maximum Gasteiger partial charge on any atom is 0.325 e. The quantitative estimate of drug-likeness (QED) is 0.719. The summed E-state index contributed by atoms with van der Waals surface area (Å²) < 4.78 is 6.88. The Morgan fingerprint density at radius 2 is 2.42 bits per heavy atom. The van der Waals surface area contributed by atoms with E-state index in [1.54, 1.807) is 17.0 Å². The number of rotatable bonds is 4. The number of nitrogens with one attached hydrogen (secondary N) is 1. The van der Waals surface area contributed by atoms with Crippen molar-refractivity contribution in [2.45, 2.75) is 26.5 Å². The zero-order valence-corrected chi connectivity index (χ0v) is 7.41. The molecule has 0 saturated heterocycles. The minimum atomic E-state index is -0.0812. The van der Waals surface area contributed by atoms with Gasteiger partial charge in [-0.15, -0.1) is 0 Å². The van der Waals surface area contributed by atoms with Crippen LogP contribution in [-0.4, -0.2) is 22.3 Å². The molecular weight excluding hydrogens is 156 g/mol. The first-order valence-electron chi connectivity index (χ1n) is 4.05. The molecule has 0 saturated carbocycles. The number of nitrogens with zero attached hydrogens (tertiary/aromatic N) is 1. The maximum absolute atomic E-state index is 10.9. The van der Waals surface area contributed by atoms with E-state index in [0.29, 0.717) is 13.2 Å². The third-order valence-corrected chi connectivity index (χ3v) is 1.51. The van der Waals surface area contributed by atoms with Gasteiger partial charge in [0.1, 0.15) is 0 Å². The molecule has 0 aliphatic carbocycles. The SMILES string of the molecule is CC(C)OCCn1cc[nH]c1=O. The Morgan fingerprint density at radius 3 is 2.92 bits per heavy atom. The van der Waals surface area contributed by atoms with Gasteiger partial charge >= 0.3 is 5.69 Å². The van der Waals surface area contributed by atoms with Crippen molar-refractivity contribution in [1.82, 2.24) is 9.55 Å². The van der Waals surface area contributed by atoms with E-state index < -0.39 is 0 Å². The lowest BCUT2D eigenvalue weighted by Crippen LogP contribution is -2.20. The number of ether oxygens (including phenoxy) is 1. The molecule has 0 radical (unpaired) electrons. The van der Waals surface area contributed by atoms with Crippen LogP contribution in [0, 0.1) is 0 Å². The van der Waals surface area contributed by atoms with E-state index in [4.69, 9.17) is 4.74 Å². The van der Waals surface area contributed by atoms with Gasteiger partial charge in [0, 0.05) is 12.4 Å². The second-order valence-corrected chi connectivity index (χ2v) is 2.88. The fourth-order valence-electron chi connectivity index (χ4n) is 0.912. The number of imidazole rings is 1. The minimum absolute atomic E-state index is 0.0812. The molecule has 1 N–H and O–H groups in total. The fourth-order valence-corrected chi connectivity index (χ4v) is 0.912. The van der Waals surface area contributed by atoms with E-state index in [2.05, 4.69) is 4.98 Å². The van der Waals surface area contributed by atoms with Crippen molar-refractivity contribution in [2.75, 3.05) is 6.61 Å². The van der Waals surface area contributed by atoms with Crippen LogP contribution in [0.15, 0.2) is 17.2 Å².